The number of benzene rings is 8. The maximum absolute atomic E-state index is 5.20. The predicted octanol–water partition coefficient (Wildman–Crippen LogP) is 13.3. The van der Waals surface area contributed by atoms with Crippen LogP contribution in [-0.2, 0) is 6.42 Å². The molecule has 9 aromatic rings. The first-order chi connectivity index (χ1) is 25.3. The van der Waals surface area contributed by atoms with E-state index in [9.17, 15) is 0 Å². The predicted molar refractivity (Wildman–Crippen MR) is 215 cm³/mol. The summed E-state index contributed by atoms with van der Waals surface area (Å²) in [6.07, 6.45) is 3.02. The molecule has 0 radical (unpaired) electrons. The first kappa shape index (κ1) is 29.4. The molecule has 51 heavy (non-hydrogen) atoms. The summed E-state index contributed by atoms with van der Waals surface area (Å²) in [6, 6.07) is 66.1. The van der Waals surface area contributed by atoms with E-state index in [1.165, 1.54) is 82.7 Å². The van der Waals surface area contributed by atoms with Gasteiger partial charge in [0.15, 0.2) is 0 Å². The van der Waals surface area contributed by atoms with Crippen LogP contribution in [0.5, 0.6) is 0 Å². The minimum atomic E-state index is 0.976. The molecule has 0 N–H and O–H groups in total. The minimum absolute atomic E-state index is 0.976. The van der Waals surface area contributed by atoms with Crippen LogP contribution in [-0.4, -0.2) is 4.98 Å². The second-order valence-corrected chi connectivity index (χ2v) is 13.5. The summed E-state index contributed by atoms with van der Waals surface area (Å²) in [6.45, 7) is 0. The van der Waals surface area contributed by atoms with Gasteiger partial charge >= 0.3 is 0 Å². The maximum atomic E-state index is 5.20. The zero-order chi connectivity index (χ0) is 33.7. The highest BCUT2D eigenvalue weighted by Gasteiger charge is 2.21. The molecule has 1 aliphatic carbocycles. The number of hydrogen-bond donors (Lipinski definition) is 0. The molecule has 1 heterocycles. The Morgan fingerprint density at radius 2 is 0.804 bits per heavy atom. The third-order valence-corrected chi connectivity index (χ3v) is 10.5. The van der Waals surface area contributed by atoms with E-state index in [1.54, 1.807) is 0 Å². The van der Waals surface area contributed by atoms with Crippen LogP contribution >= 0.6 is 0 Å². The number of rotatable bonds is 5. The lowest BCUT2D eigenvalue weighted by Gasteiger charge is -2.18. The largest absolute Gasteiger partial charge is 0.256 e. The van der Waals surface area contributed by atoms with E-state index in [1.807, 2.05) is 6.20 Å². The van der Waals surface area contributed by atoms with Crippen LogP contribution in [0.25, 0.3) is 88.4 Å². The van der Waals surface area contributed by atoms with Crippen LogP contribution in [0.2, 0.25) is 0 Å². The van der Waals surface area contributed by atoms with E-state index in [0.717, 1.165) is 23.2 Å². The van der Waals surface area contributed by atoms with Gasteiger partial charge in [0.1, 0.15) is 0 Å². The monoisotopic (exact) mass is 647 g/mol. The molecule has 0 saturated heterocycles. The van der Waals surface area contributed by atoms with Crippen LogP contribution in [0.1, 0.15) is 11.1 Å². The summed E-state index contributed by atoms with van der Waals surface area (Å²) in [5.41, 5.74) is 17.3. The molecule has 0 amide bonds. The summed E-state index contributed by atoms with van der Waals surface area (Å²) in [5.74, 6) is 0. The zero-order valence-corrected chi connectivity index (χ0v) is 28.1. The van der Waals surface area contributed by atoms with Gasteiger partial charge in [-0.3, -0.25) is 4.98 Å². The molecule has 1 aromatic heterocycles. The van der Waals surface area contributed by atoms with Crippen LogP contribution in [0, 0.1) is 0 Å². The van der Waals surface area contributed by atoms with E-state index in [0.29, 0.717) is 0 Å². The molecule has 1 nitrogen and oxygen atoms in total. The summed E-state index contributed by atoms with van der Waals surface area (Å²) >= 11 is 0. The van der Waals surface area contributed by atoms with Gasteiger partial charge in [0, 0.05) is 17.3 Å². The lowest BCUT2D eigenvalue weighted by atomic mass is 9.86. The third kappa shape index (κ3) is 5.06. The molecule has 1 aliphatic rings. The first-order valence-electron chi connectivity index (χ1n) is 17.7. The van der Waals surface area contributed by atoms with E-state index in [2.05, 4.69) is 182 Å². The van der Waals surface area contributed by atoms with Gasteiger partial charge in [-0.2, -0.15) is 0 Å². The highest BCUT2D eigenvalue weighted by atomic mass is 14.7. The van der Waals surface area contributed by atoms with Crippen LogP contribution in [0.15, 0.2) is 188 Å². The van der Waals surface area contributed by atoms with Gasteiger partial charge in [-0.15, -0.1) is 0 Å². The lowest BCUT2D eigenvalue weighted by molar-refractivity contribution is 1.26. The number of pyridine rings is 1. The Hall–Kier alpha value is -6.57. The van der Waals surface area contributed by atoms with Gasteiger partial charge in [0.25, 0.3) is 0 Å². The Morgan fingerprint density at radius 1 is 0.314 bits per heavy atom. The van der Waals surface area contributed by atoms with E-state index < -0.39 is 0 Å². The average Bonchev–Trinajstić information content (AvgIpc) is 3.58. The van der Waals surface area contributed by atoms with Gasteiger partial charge in [-0.05, 0) is 113 Å². The molecule has 0 fully saturated rings. The van der Waals surface area contributed by atoms with Crippen molar-refractivity contribution in [1.82, 2.24) is 4.98 Å². The SMILES string of the molecule is c1ccc(-c2cc(-c3ccccc3)cc(-c3ccc(-c4c5ccccc5c(-c5ccc6c(c5)Cc5ccccc5-6)c5ccccc45)nc3)c2)cc1. The summed E-state index contributed by atoms with van der Waals surface area (Å²) < 4.78 is 0. The molecule has 8 aromatic carbocycles. The van der Waals surface area contributed by atoms with Gasteiger partial charge in [-0.1, -0.05) is 158 Å². The topological polar surface area (TPSA) is 12.9 Å². The Labute approximate surface area is 298 Å². The molecular formula is C50H33N. The van der Waals surface area contributed by atoms with Crippen LogP contribution < -0.4 is 0 Å². The van der Waals surface area contributed by atoms with E-state index in [-0.39, 0.29) is 0 Å². The van der Waals surface area contributed by atoms with Crippen molar-refractivity contribution in [3.63, 3.8) is 0 Å². The second kappa shape index (κ2) is 12.1. The number of nitrogens with zero attached hydrogens (tertiary/aromatic N) is 1. The number of fused-ring (bicyclic) bond motifs is 5. The molecule has 1 heteroatoms. The fourth-order valence-corrected chi connectivity index (χ4v) is 8.12. The third-order valence-electron chi connectivity index (χ3n) is 10.5. The molecule has 0 atom stereocenters. The van der Waals surface area contributed by atoms with Crippen molar-refractivity contribution >= 4 is 21.5 Å². The second-order valence-electron chi connectivity index (χ2n) is 13.5. The standard InChI is InChI=1S/C50H33N/c1-3-13-33(14-4-1)38-29-39(34-15-5-2-6-16-34)31-40(30-38)37-24-26-48(51-32-37)50-46-21-11-9-19-44(46)49(45-20-10-12-22-47(45)50)36-23-25-43-41(28-36)27-35-17-7-8-18-42(35)43/h1-26,28-32H,27H2. The molecule has 0 unspecified atom stereocenters. The molecular weight excluding hydrogens is 615 g/mol. The smallest absolute Gasteiger partial charge is 0.0714 e. The highest BCUT2D eigenvalue weighted by molar-refractivity contribution is 6.21. The molecule has 238 valence electrons. The Bertz CT molecular complexity index is 2630. The first-order valence-corrected chi connectivity index (χ1v) is 17.7. The average molecular weight is 648 g/mol. The fourth-order valence-electron chi connectivity index (χ4n) is 8.12. The molecule has 0 saturated carbocycles. The van der Waals surface area contributed by atoms with Gasteiger partial charge in [-0.25, -0.2) is 0 Å². The van der Waals surface area contributed by atoms with Crippen LogP contribution in [0.4, 0.5) is 0 Å². The van der Waals surface area contributed by atoms with Crippen molar-refractivity contribution in [2.75, 3.05) is 0 Å². The van der Waals surface area contributed by atoms with Crippen molar-refractivity contribution in [3.05, 3.63) is 199 Å². The highest BCUT2D eigenvalue weighted by Crippen LogP contribution is 2.45. The Kier molecular flexibility index (Phi) is 6.96. The fraction of sp³-hybridized carbons (Fsp3) is 0.0200. The summed E-state index contributed by atoms with van der Waals surface area (Å²) in [5, 5.41) is 4.92. The zero-order valence-electron chi connectivity index (χ0n) is 28.1. The van der Waals surface area contributed by atoms with Crippen LogP contribution in [0.3, 0.4) is 0 Å². The minimum Gasteiger partial charge on any atom is -0.256 e. The van der Waals surface area contributed by atoms with E-state index >= 15 is 0 Å². The van der Waals surface area contributed by atoms with E-state index in [4.69, 9.17) is 4.98 Å². The number of hydrogen-bond acceptors (Lipinski definition) is 1. The summed E-state index contributed by atoms with van der Waals surface area (Å²) in [4.78, 5) is 5.20. The summed E-state index contributed by atoms with van der Waals surface area (Å²) in [7, 11) is 0. The van der Waals surface area contributed by atoms with Crippen molar-refractivity contribution in [1.29, 1.82) is 0 Å². The lowest BCUT2D eigenvalue weighted by Crippen LogP contribution is -1.93. The number of aromatic nitrogens is 1. The molecule has 0 aliphatic heterocycles. The van der Waals surface area contributed by atoms with Crippen molar-refractivity contribution in [3.8, 4) is 66.9 Å². The Morgan fingerprint density at radius 3 is 1.39 bits per heavy atom. The van der Waals surface area contributed by atoms with Gasteiger partial charge < -0.3 is 0 Å². The molecule has 10 rings (SSSR count). The normalized spacial score (nSPS) is 11.8. The molecule has 0 spiro atoms. The van der Waals surface area contributed by atoms with Crippen molar-refractivity contribution < 1.29 is 0 Å². The van der Waals surface area contributed by atoms with Crippen molar-refractivity contribution in [2.24, 2.45) is 0 Å². The van der Waals surface area contributed by atoms with Crippen molar-refractivity contribution in [2.45, 2.75) is 6.42 Å². The maximum Gasteiger partial charge on any atom is 0.0714 e. The van der Waals surface area contributed by atoms with Gasteiger partial charge in [0.2, 0.25) is 0 Å². The molecule has 0 bridgehead atoms. The quantitative estimate of drug-likeness (QED) is 0.169. The Balaban J connectivity index is 1.11. The van der Waals surface area contributed by atoms with Gasteiger partial charge in [0.05, 0.1) is 5.69 Å².